The molecule has 28 heavy (non-hydrogen) atoms. The zero-order valence-electron chi connectivity index (χ0n) is 15.8. The van der Waals surface area contributed by atoms with E-state index in [0.717, 1.165) is 18.7 Å². The van der Waals surface area contributed by atoms with Crippen molar-refractivity contribution in [3.05, 3.63) is 84.4 Å². The summed E-state index contributed by atoms with van der Waals surface area (Å²) in [6.45, 7) is 3.23. The van der Waals surface area contributed by atoms with Gasteiger partial charge in [0.05, 0.1) is 11.5 Å². The SMILES string of the molecule is CCOc1ccc(S(=O)(=O)Nc2ccc(NCCc3ccccc3)cc2)cc1. The van der Waals surface area contributed by atoms with Crippen molar-refractivity contribution in [1.29, 1.82) is 0 Å². The van der Waals surface area contributed by atoms with Crippen LogP contribution < -0.4 is 14.8 Å². The number of hydrogen-bond acceptors (Lipinski definition) is 4. The van der Waals surface area contributed by atoms with Crippen molar-refractivity contribution in [2.45, 2.75) is 18.2 Å². The predicted octanol–water partition coefficient (Wildman–Crippen LogP) is 4.54. The van der Waals surface area contributed by atoms with E-state index < -0.39 is 10.0 Å². The Morgan fingerprint density at radius 2 is 1.46 bits per heavy atom. The van der Waals surface area contributed by atoms with E-state index in [1.54, 1.807) is 24.3 Å². The Hall–Kier alpha value is -2.99. The van der Waals surface area contributed by atoms with Crippen LogP contribution in [0, 0.1) is 0 Å². The summed E-state index contributed by atoms with van der Waals surface area (Å²) in [5, 5.41) is 3.34. The summed E-state index contributed by atoms with van der Waals surface area (Å²) in [7, 11) is -3.64. The second-order valence-electron chi connectivity index (χ2n) is 6.25. The summed E-state index contributed by atoms with van der Waals surface area (Å²) in [4.78, 5) is 0.195. The molecule has 0 fully saturated rings. The Balaban J connectivity index is 1.56. The van der Waals surface area contributed by atoms with Crippen molar-refractivity contribution in [1.82, 2.24) is 0 Å². The van der Waals surface area contributed by atoms with Gasteiger partial charge in [0.25, 0.3) is 10.0 Å². The van der Waals surface area contributed by atoms with Gasteiger partial charge in [0.2, 0.25) is 0 Å². The number of anilines is 2. The van der Waals surface area contributed by atoms with E-state index >= 15 is 0 Å². The van der Waals surface area contributed by atoms with Crippen LogP contribution in [0.1, 0.15) is 12.5 Å². The summed E-state index contributed by atoms with van der Waals surface area (Å²) in [6, 6.07) is 23.8. The molecule has 0 aliphatic carbocycles. The quantitative estimate of drug-likeness (QED) is 0.557. The van der Waals surface area contributed by atoms with Crippen molar-refractivity contribution in [2.75, 3.05) is 23.2 Å². The highest BCUT2D eigenvalue weighted by atomic mass is 32.2. The summed E-state index contributed by atoms with van der Waals surface area (Å²) >= 11 is 0. The van der Waals surface area contributed by atoms with Gasteiger partial charge in [-0.05, 0) is 67.4 Å². The van der Waals surface area contributed by atoms with E-state index in [9.17, 15) is 8.42 Å². The molecule has 0 heterocycles. The maximum absolute atomic E-state index is 12.5. The lowest BCUT2D eigenvalue weighted by Gasteiger charge is -2.11. The summed E-state index contributed by atoms with van der Waals surface area (Å²) in [5.74, 6) is 0.646. The largest absolute Gasteiger partial charge is 0.494 e. The third kappa shape index (κ3) is 5.50. The van der Waals surface area contributed by atoms with Crippen LogP contribution in [0.25, 0.3) is 0 Å². The van der Waals surface area contributed by atoms with E-state index in [1.807, 2.05) is 37.3 Å². The first-order valence-corrected chi connectivity index (χ1v) is 10.7. The van der Waals surface area contributed by atoms with Crippen LogP contribution in [0.3, 0.4) is 0 Å². The highest BCUT2D eigenvalue weighted by molar-refractivity contribution is 7.92. The zero-order chi connectivity index (χ0) is 19.8. The standard InChI is InChI=1S/C22H24N2O3S/c1-2-27-21-12-14-22(15-13-21)28(25,26)24-20-10-8-19(9-11-20)23-17-16-18-6-4-3-5-7-18/h3-15,23-24H,2,16-17H2,1H3. The van der Waals surface area contributed by atoms with Crippen LogP contribution in [0.5, 0.6) is 5.75 Å². The topological polar surface area (TPSA) is 67.4 Å². The maximum atomic E-state index is 12.5. The lowest BCUT2D eigenvalue weighted by Crippen LogP contribution is -2.13. The monoisotopic (exact) mass is 396 g/mol. The van der Waals surface area contributed by atoms with Gasteiger partial charge >= 0.3 is 0 Å². The van der Waals surface area contributed by atoms with Gasteiger partial charge in [-0.1, -0.05) is 30.3 Å². The first-order valence-electron chi connectivity index (χ1n) is 9.20. The fourth-order valence-electron chi connectivity index (χ4n) is 2.75. The molecule has 0 aliphatic heterocycles. The minimum atomic E-state index is -3.64. The van der Waals surface area contributed by atoms with Crippen LogP contribution >= 0.6 is 0 Å². The number of sulfonamides is 1. The number of rotatable bonds is 9. The van der Waals surface area contributed by atoms with Crippen LogP contribution in [-0.4, -0.2) is 21.6 Å². The first kappa shape index (κ1) is 19.8. The van der Waals surface area contributed by atoms with Gasteiger partial charge in [0, 0.05) is 17.9 Å². The number of nitrogens with one attached hydrogen (secondary N) is 2. The highest BCUT2D eigenvalue weighted by Gasteiger charge is 2.14. The Labute approximate surface area is 166 Å². The molecule has 0 unspecified atom stereocenters. The summed E-state index contributed by atoms with van der Waals surface area (Å²) in [6.07, 6.45) is 0.924. The molecule has 6 heteroatoms. The molecule has 2 N–H and O–H groups in total. The van der Waals surface area contributed by atoms with Gasteiger partial charge in [-0.15, -0.1) is 0 Å². The van der Waals surface area contributed by atoms with Crippen molar-refractivity contribution in [2.24, 2.45) is 0 Å². The fourth-order valence-corrected chi connectivity index (χ4v) is 3.81. The molecule has 0 aromatic heterocycles. The fraction of sp³-hybridized carbons (Fsp3) is 0.182. The average Bonchev–Trinajstić information content (AvgIpc) is 2.71. The molecule has 3 aromatic carbocycles. The second kappa shape index (κ2) is 9.28. The minimum absolute atomic E-state index is 0.195. The normalized spacial score (nSPS) is 11.0. The van der Waals surface area contributed by atoms with E-state index in [4.69, 9.17) is 4.74 Å². The van der Waals surface area contributed by atoms with Crippen LogP contribution in [0.4, 0.5) is 11.4 Å². The molecule has 0 amide bonds. The molecular weight excluding hydrogens is 372 g/mol. The zero-order valence-corrected chi connectivity index (χ0v) is 16.6. The van der Waals surface area contributed by atoms with E-state index in [0.29, 0.717) is 18.0 Å². The number of hydrogen-bond donors (Lipinski definition) is 2. The molecule has 0 atom stereocenters. The van der Waals surface area contributed by atoms with Gasteiger partial charge in [-0.25, -0.2) is 8.42 Å². The highest BCUT2D eigenvalue weighted by Crippen LogP contribution is 2.20. The third-order valence-corrected chi connectivity index (χ3v) is 5.56. The van der Waals surface area contributed by atoms with E-state index in [2.05, 4.69) is 22.2 Å². The lowest BCUT2D eigenvalue weighted by molar-refractivity contribution is 0.340. The average molecular weight is 397 g/mol. The van der Waals surface area contributed by atoms with Crippen LogP contribution in [0.15, 0.2) is 83.8 Å². The Morgan fingerprint density at radius 1 is 0.821 bits per heavy atom. The van der Waals surface area contributed by atoms with Gasteiger partial charge < -0.3 is 10.1 Å². The van der Waals surface area contributed by atoms with Crippen molar-refractivity contribution < 1.29 is 13.2 Å². The number of ether oxygens (including phenoxy) is 1. The Kier molecular flexibility index (Phi) is 6.55. The van der Waals surface area contributed by atoms with Gasteiger partial charge in [-0.2, -0.15) is 0 Å². The predicted molar refractivity (Wildman–Crippen MR) is 113 cm³/mol. The molecule has 0 bridgehead atoms. The van der Waals surface area contributed by atoms with Crippen molar-refractivity contribution in [3.8, 4) is 5.75 Å². The molecule has 0 saturated heterocycles. The smallest absolute Gasteiger partial charge is 0.261 e. The second-order valence-corrected chi connectivity index (χ2v) is 7.93. The van der Waals surface area contributed by atoms with E-state index in [-0.39, 0.29) is 4.90 Å². The molecule has 0 spiro atoms. The van der Waals surface area contributed by atoms with Gasteiger partial charge in [0.1, 0.15) is 5.75 Å². The molecule has 3 aromatic rings. The van der Waals surface area contributed by atoms with Crippen molar-refractivity contribution >= 4 is 21.4 Å². The van der Waals surface area contributed by atoms with Crippen LogP contribution in [-0.2, 0) is 16.4 Å². The number of benzene rings is 3. The summed E-state index contributed by atoms with van der Waals surface area (Å²) in [5.41, 5.74) is 2.73. The van der Waals surface area contributed by atoms with Gasteiger partial charge in [-0.3, -0.25) is 4.72 Å². The van der Waals surface area contributed by atoms with Crippen LogP contribution in [0.2, 0.25) is 0 Å². The van der Waals surface area contributed by atoms with Gasteiger partial charge in [0.15, 0.2) is 0 Å². The molecular formula is C22H24N2O3S. The first-order chi connectivity index (χ1) is 13.6. The molecule has 3 rings (SSSR count). The third-order valence-electron chi connectivity index (χ3n) is 4.17. The summed E-state index contributed by atoms with van der Waals surface area (Å²) < 4.78 is 33.0. The lowest BCUT2D eigenvalue weighted by atomic mass is 10.1. The maximum Gasteiger partial charge on any atom is 0.261 e. The molecule has 146 valence electrons. The van der Waals surface area contributed by atoms with Crippen molar-refractivity contribution in [3.63, 3.8) is 0 Å². The molecule has 0 aliphatic rings. The minimum Gasteiger partial charge on any atom is -0.494 e. The molecule has 5 nitrogen and oxygen atoms in total. The van der Waals surface area contributed by atoms with E-state index in [1.165, 1.54) is 17.7 Å². The Bertz CT molecular complexity index is 971. The molecule has 0 saturated carbocycles. The molecule has 0 radical (unpaired) electrons. The Morgan fingerprint density at radius 3 is 2.11 bits per heavy atom.